The number of halogens is 1. The Kier molecular flexibility index (Phi) is 7.90. The molecule has 0 spiro atoms. The molecule has 26 heavy (non-hydrogen) atoms. The molecule has 0 atom stereocenters. The van der Waals surface area contributed by atoms with E-state index in [4.69, 9.17) is 5.73 Å². The van der Waals surface area contributed by atoms with Crippen LogP contribution in [0.15, 0.2) is 53.8 Å². The highest BCUT2D eigenvalue weighted by Crippen LogP contribution is 2.22. The van der Waals surface area contributed by atoms with E-state index in [1.807, 2.05) is 18.2 Å². The van der Waals surface area contributed by atoms with E-state index in [0.717, 1.165) is 31.5 Å². The Labute approximate surface area is 171 Å². The van der Waals surface area contributed by atoms with Crippen LogP contribution in [0.1, 0.15) is 23.7 Å². The summed E-state index contributed by atoms with van der Waals surface area (Å²) in [5.41, 5.74) is 10.9. The van der Waals surface area contributed by atoms with Gasteiger partial charge in [0.25, 0.3) is 0 Å². The number of guanidine groups is 1. The first kappa shape index (κ1) is 20.2. The minimum atomic E-state index is 0. The summed E-state index contributed by atoms with van der Waals surface area (Å²) in [6, 6.07) is 12.4. The van der Waals surface area contributed by atoms with Gasteiger partial charge >= 0.3 is 0 Å². The van der Waals surface area contributed by atoms with E-state index in [-0.39, 0.29) is 24.0 Å². The number of nitrogens with one attached hydrogen (secondary N) is 2. The fraction of sp³-hybridized carbons (Fsp3) is 0.300. The fourth-order valence-corrected chi connectivity index (χ4v) is 2.99. The van der Waals surface area contributed by atoms with Crippen molar-refractivity contribution in [3.8, 4) is 0 Å². The maximum Gasteiger partial charge on any atom is 0.188 e. The lowest BCUT2D eigenvalue weighted by atomic mass is 10.1. The van der Waals surface area contributed by atoms with Crippen LogP contribution in [0.5, 0.6) is 0 Å². The van der Waals surface area contributed by atoms with Crippen molar-refractivity contribution in [3.05, 3.63) is 65.6 Å². The van der Waals surface area contributed by atoms with Gasteiger partial charge in [-0.15, -0.1) is 24.0 Å². The molecule has 0 aliphatic rings. The lowest BCUT2D eigenvalue weighted by Gasteiger charge is -2.06. The van der Waals surface area contributed by atoms with Crippen molar-refractivity contribution in [2.45, 2.75) is 26.2 Å². The predicted molar refractivity (Wildman–Crippen MR) is 119 cm³/mol. The molecular formula is C20H26IN5. The average molecular weight is 463 g/mol. The third-order valence-corrected chi connectivity index (χ3v) is 4.35. The molecule has 0 aliphatic carbocycles. The SMILES string of the molecule is CCc1cccc2c(CCNC(N)=NCCc3ccccn3)c[nH]c12.I. The molecule has 2 heterocycles. The number of nitrogens with zero attached hydrogens (tertiary/aromatic N) is 2. The maximum atomic E-state index is 5.95. The van der Waals surface area contributed by atoms with Gasteiger partial charge in [0.1, 0.15) is 0 Å². The quantitative estimate of drug-likeness (QED) is 0.286. The summed E-state index contributed by atoms with van der Waals surface area (Å²) in [4.78, 5) is 12.0. The second kappa shape index (κ2) is 10.2. The number of nitrogens with two attached hydrogens (primary N) is 1. The molecule has 5 nitrogen and oxygen atoms in total. The van der Waals surface area contributed by atoms with E-state index in [1.54, 1.807) is 6.20 Å². The Morgan fingerprint density at radius 2 is 2.04 bits per heavy atom. The van der Waals surface area contributed by atoms with Gasteiger partial charge in [0.15, 0.2) is 5.96 Å². The van der Waals surface area contributed by atoms with Crippen molar-refractivity contribution in [2.24, 2.45) is 10.7 Å². The number of H-pyrrole nitrogens is 1. The Morgan fingerprint density at radius 3 is 2.81 bits per heavy atom. The largest absolute Gasteiger partial charge is 0.370 e. The Bertz CT molecular complexity index is 842. The van der Waals surface area contributed by atoms with E-state index in [1.165, 1.54) is 22.0 Å². The Morgan fingerprint density at radius 1 is 1.15 bits per heavy atom. The molecule has 0 saturated heterocycles. The summed E-state index contributed by atoms with van der Waals surface area (Å²) in [7, 11) is 0. The number of aromatic amines is 1. The summed E-state index contributed by atoms with van der Waals surface area (Å²) in [5.74, 6) is 0.491. The molecule has 0 fully saturated rings. The van der Waals surface area contributed by atoms with Gasteiger partial charge in [0, 0.05) is 48.5 Å². The van der Waals surface area contributed by atoms with Crippen molar-refractivity contribution in [1.29, 1.82) is 0 Å². The zero-order valence-electron chi connectivity index (χ0n) is 15.0. The molecule has 6 heteroatoms. The van der Waals surface area contributed by atoms with E-state index in [2.05, 4.69) is 51.6 Å². The van der Waals surface area contributed by atoms with Crippen LogP contribution >= 0.6 is 24.0 Å². The van der Waals surface area contributed by atoms with Crippen LogP contribution in [0.25, 0.3) is 10.9 Å². The van der Waals surface area contributed by atoms with Gasteiger partial charge in [-0.3, -0.25) is 9.98 Å². The number of rotatable bonds is 7. The second-order valence-corrected chi connectivity index (χ2v) is 6.02. The minimum absolute atomic E-state index is 0. The predicted octanol–water partition coefficient (Wildman–Crippen LogP) is 3.43. The van der Waals surface area contributed by atoms with Crippen LogP contribution in [0.3, 0.4) is 0 Å². The second-order valence-electron chi connectivity index (χ2n) is 6.02. The van der Waals surface area contributed by atoms with Crippen molar-refractivity contribution in [3.63, 3.8) is 0 Å². The standard InChI is InChI=1S/C20H25N5.HI/c1-2-15-6-5-8-18-16(14-25-19(15)18)9-12-23-20(21)24-13-10-17-7-3-4-11-22-17;/h3-8,11,14,25H,2,9-10,12-13H2,1H3,(H3,21,23,24);1H. The molecule has 0 aliphatic heterocycles. The van der Waals surface area contributed by atoms with Gasteiger partial charge in [-0.2, -0.15) is 0 Å². The van der Waals surface area contributed by atoms with Crippen molar-refractivity contribution in [1.82, 2.24) is 15.3 Å². The molecular weight excluding hydrogens is 437 g/mol. The molecule has 0 saturated carbocycles. The van der Waals surface area contributed by atoms with E-state index >= 15 is 0 Å². The number of fused-ring (bicyclic) bond motifs is 1. The first-order valence-corrected chi connectivity index (χ1v) is 8.79. The third-order valence-electron chi connectivity index (χ3n) is 4.35. The summed E-state index contributed by atoms with van der Waals surface area (Å²) in [5, 5.41) is 4.49. The zero-order valence-corrected chi connectivity index (χ0v) is 17.4. The van der Waals surface area contributed by atoms with Crippen LogP contribution in [0, 0.1) is 0 Å². The van der Waals surface area contributed by atoms with Gasteiger partial charge in [0.2, 0.25) is 0 Å². The molecule has 3 rings (SSSR count). The van der Waals surface area contributed by atoms with Crippen LogP contribution in [-0.4, -0.2) is 29.0 Å². The highest BCUT2D eigenvalue weighted by atomic mass is 127. The topological polar surface area (TPSA) is 79.1 Å². The number of aliphatic imine (C=N–C) groups is 1. The van der Waals surface area contributed by atoms with Crippen LogP contribution in [0.2, 0.25) is 0 Å². The first-order chi connectivity index (χ1) is 12.3. The third kappa shape index (κ3) is 5.20. The monoisotopic (exact) mass is 463 g/mol. The molecule has 2 aromatic heterocycles. The van der Waals surface area contributed by atoms with Crippen LogP contribution in [-0.2, 0) is 19.3 Å². The normalized spacial score (nSPS) is 11.3. The summed E-state index contributed by atoms with van der Waals surface area (Å²) >= 11 is 0. The summed E-state index contributed by atoms with van der Waals surface area (Å²) in [6.45, 7) is 3.59. The zero-order chi connectivity index (χ0) is 17.5. The van der Waals surface area contributed by atoms with E-state index in [9.17, 15) is 0 Å². The molecule has 3 aromatic rings. The number of hydrogen-bond acceptors (Lipinski definition) is 2. The lowest BCUT2D eigenvalue weighted by Crippen LogP contribution is -2.33. The van der Waals surface area contributed by atoms with Gasteiger partial charge in [0.05, 0.1) is 0 Å². The maximum absolute atomic E-state index is 5.95. The average Bonchev–Trinajstić information content (AvgIpc) is 3.06. The van der Waals surface area contributed by atoms with Gasteiger partial charge < -0.3 is 16.0 Å². The Balaban J connectivity index is 0.00000243. The van der Waals surface area contributed by atoms with E-state index in [0.29, 0.717) is 12.5 Å². The van der Waals surface area contributed by atoms with Gasteiger partial charge in [-0.25, -0.2) is 0 Å². The van der Waals surface area contributed by atoms with Crippen molar-refractivity contribution < 1.29 is 0 Å². The fourth-order valence-electron chi connectivity index (χ4n) is 2.99. The van der Waals surface area contributed by atoms with Crippen molar-refractivity contribution >= 4 is 40.8 Å². The number of aryl methyl sites for hydroxylation is 1. The van der Waals surface area contributed by atoms with Crippen LogP contribution in [0.4, 0.5) is 0 Å². The molecule has 0 unspecified atom stereocenters. The lowest BCUT2D eigenvalue weighted by molar-refractivity contribution is 0.842. The highest BCUT2D eigenvalue weighted by molar-refractivity contribution is 14.0. The van der Waals surface area contributed by atoms with Crippen LogP contribution < -0.4 is 11.1 Å². The number of benzene rings is 1. The molecule has 1 aromatic carbocycles. The number of pyridine rings is 1. The Hall–Kier alpha value is -2.09. The van der Waals surface area contributed by atoms with Gasteiger partial charge in [-0.05, 0) is 36.1 Å². The molecule has 4 N–H and O–H groups in total. The summed E-state index contributed by atoms with van der Waals surface area (Å²) < 4.78 is 0. The molecule has 0 amide bonds. The minimum Gasteiger partial charge on any atom is -0.370 e. The molecule has 138 valence electrons. The number of aromatic nitrogens is 2. The number of para-hydroxylation sites is 1. The van der Waals surface area contributed by atoms with E-state index < -0.39 is 0 Å². The molecule has 0 radical (unpaired) electrons. The van der Waals surface area contributed by atoms with Crippen molar-refractivity contribution in [2.75, 3.05) is 13.1 Å². The highest BCUT2D eigenvalue weighted by Gasteiger charge is 2.06. The molecule has 0 bridgehead atoms. The first-order valence-electron chi connectivity index (χ1n) is 8.79. The smallest absolute Gasteiger partial charge is 0.188 e. The number of hydrogen-bond donors (Lipinski definition) is 3. The van der Waals surface area contributed by atoms with Gasteiger partial charge in [-0.1, -0.05) is 31.2 Å². The summed E-state index contributed by atoms with van der Waals surface area (Å²) in [6.07, 6.45) is 6.63.